The lowest BCUT2D eigenvalue weighted by Gasteiger charge is -2.18. The van der Waals surface area contributed by atoms with Gasteiger partial charge in [-0.3, -0.25) is 25.1 Å². The van der Waals surface area contributed by atoms with E-state index in [9.17, 15) is 23.3 Å². The van der Waals surface area contributed by atoms with Crippen molar-refractivity contribution in [3.8, 4) is 5.75 Å². The van der Waals surface area contributed by atoms with Crippen molar-refractivity contribution in [3.05, 3.63) is 87.4 Å². The number of carbonyl (C=O) groups is 1. The molecule has 0 unspecified atom stereocenters. The Balaban J connectivity index is 1.72. The Bertz CT molecular complexity index is 1470. The van der Waals surface area contributed by atoms with Gasteiger partial charge >= 0.3 is 0 Å². The molecule has 0 bridgehead atoms. The Morgan fingerprint density at radius 2 is 1.77 bits per heavy atom. The molecule has 0 aliphatic heterocycles. The van der Waals surface area contributed by atoms with Gasteiger partial charge in [-0.1, -0.05) is 17.7 Å². The Morgan fingerprint density at radius 1 is 1.08 bits per heavy atom. The van der Waals surface area contributed by atoms with Crippen molar-refractivity contribution in [1.82, 2.24) is 4.90 Å². The largest absolute Gasteiger partial charge is 0.484 e. The van der Waals surface area contributed by atoms with E-state index in [1.165, 1.54) is 24.3 Å². The number of hydrogen-bond donors (Lipinski definition) is 2. The number of nitrogens with zero attached hydrogens (tertiary/aromatic N) is 3. The van der Waals surface area contributed by atoms with Crippen molar-refractivity contribution in [2.24, 2.45) is 5.10 Å². The molecule has 206 valence electrons. The number of carbonyl (C=O) groups excluding carboxylic acids is 1. The number of likely N-dealkylation sites (N-methyl/N-ethyl adjacent to an activating group) is 1. The minimum absolute atomic E-state index is 0.0101. The number of nitro benzene ring substituents is 1. The fourth-order valence-electron chi connectivity index (χ4n) is 3.50. The zero-order valence-corrected chi connectivity index (χ0v) is 23.1. The maximum Gasteiger partial charge on any atom is 0.295 e. The summed E-state index contributed by atoms with van der Waals surface area (Å²) in [4.78, 5) is 24.5. The lowest BCUT2D eigenvalue weighted by atomic mass is 10.1. The number of rotatable bonds is 12. The van der Waals surface area contributed by atoms with E-state index in [-0.39, 0.29) is 28.8 Å². The van der Waals surface area contributed by atoms with E-state index >= 15 is 0 Å². The number of amides is 1. The predicted molar refractivity (Wildman–Crippen MR) is 151 cm³/mol. The van der Waals surface area contributed by atoms with Crippen LogP contribution in [0, 0.1) is 10.1 Å². The zero-order chi connectivity index (χ0) is 28.6. The Hall–Kier alpha value is -4.16. The van der Waals surface area contributed by atoms with Gasteiger partial charge in [0.1, 0.15) is 11.4 Å². The van der Waals surface area contributed by atoms with Gasteiger partial charge in [0, 0.05) is 24.2 Å². The van der Waals surface area contributed by atoms with Gasteiger partial charge in [-0.25, -0.2) is 8.42 Å². The Labute approximate surface area is 231 Å². The summed E-state index contributed by atoms with van der Waals surface area (Å²) in [5.41, 5.74) is 3.62. The highest BCUT2D eigenvalue weighted by molar-refractivity contribution is 7.92. The smallest absolute Gasteiger partial charge is 0.295 e. The topological polar surface area (TPSA) is 143 Å². The molecule has 0 saturated carbocycles. The molecule has 0 atom stereocenters. The minimum atomic E-state index is -4.11. The highest BCUT2D eigenvalue weighted by Crippen LogP contribution is 2.29. The zero-order valence-electron chi connectivity index (χ0n) is 21.5. The van der Waals surface area contributed by atoms with Gasteiger partial charge in [-0.15, -0.1) is 0 Å². The summed E-state index contributed by atoms with van der Waals surface area (Å²) in [5, 5.41) is 16.2. The molecule has 0 saturated heterocycles. The number of nitro groups is 1. The van der Waals surface area contributed by atoms with Gasteiger partial charge in [0.05, 0.1) is 21.2 Å². The van der Waals surface area contributed by atoms with Crippen LogP contribution in [0.1, 0.15) is 26.3 Å². The summed E-state index contributed by atoms with van der Waals surface area (Å²) >= 11 is 5.90. The van der Waals surface area contributed by atoms with Crippen molar-refractivity contribution in [3.63, 3.8) is 0 Å². The van der Waals surface area contributed by atoms with Crippen LogP contribution in [0.5, 0.6) is 5.75 Å². The van der Waals surface area contributed by atoms with Gasteiger partial charge in [0.15, 0.2) is 6.61 Å². The van der Waals surface area contributed by atoms with E-state index in [0.717, 1.165) is 6.07 Å². The number of nitrogens with one attached hydrogen (secondary N) is 2. The highest BCUT2D eigenvalue weighted by atomic mass is 35.5. The molecule has 0 fully saturated rings. The SMILES string of the molecule is CCN(CC)C(=O)COc1ccc(C(C)=NNc2ccc(S(=O)(=O)Nc3cccc(Cl)c3)cc2[N+](=O)[O-])cc1. The molecule has 13 heteroatoms. The highest BCUT2D eigenvalue weighted by Gasteiger charge is 2.22. The van der Waals surface area contributed by atoms with Gasteiger partial charge in [0.2, 0.25) is 0 Å². The van der Waals surface area contributed by atoms with E-state index in [1.807, 2.05) is 13.8 Å². The molecule has 0 aliphatic carbocycles. The average Bonchev–Trinajstić information content (AvgIpc) is 2.91. The van der Waals surface area contributed by atoms with Crippen LogP contribution in [0.25, 0.3) is 0 Å². The van der Waals surface area contributed by atoms with Crippen molar-refractivity contribution in [2.75, 3.05) is 29.8 Å². The third-order valence-corrected chi connectivity index (χ3v) is 7.26. The lowest BCUT2D eigenvalue weighted by Crippen LogP contribution is -2.34. The van der Waals surface area contributed by atoms with E-state index in [1.54, 1.807) is 48.2 Å². The normalized spacial score (nSPS) is 11.5. The maximum absolute atomic E-state index is 12.8. The maximum atomic E-state index is 12.8. The molecule has 3 rings (SSSR count). The lowest BCUT2D eigenvalue weighted by molar-refractivity contribution is -0.384. The molecule has 0 spiro atoms. The number of sulfonamides is 1. The monoisotopic (exact) mass is 573 g/mol. The number of hydrazone groups is 1. The summed E-state index contributed by atoms with van der Waals surface area (Å²) in [6.07, 6.45) is 0. The van der Waals surface area contributed by atoms with Gasteiger partial charge in [-0.05, 0) is 80.9 Å². The standard InChI is InChI=1S/C26H28ClN5O6S/c1-4-31(5-2)26(33)17-38-22-11-9-19(10-12-22)18(3)28-29-24-14-13-23(16-25(24)32(34)35)39(36,37)30-21-8-6-7-20(27)15-21/h6-16,29-30H,4-5,17H2,1-3H3. The van der Waals surface area contributed by atoms with Crippen molar-refractivity contribution >= 4 is 50.3 Å². The van der Waals surface area contributed by atoms with Gasteiger partial charge < -0.3 is 9.64 Å². The van der Waals surface area contributed by atoms with Crippen molar-refractivity contribution in [2.45, 2.75) is 25.7 Å². The molecule has 0 aromatic heterocycles. The number of benzene rings is 3. The minimum Gasteiger partial charge on any atom is -0.484 e. The second-order valence-electron chi connectivity index (χ2n) is 8.24. The quantitative estimate of drug-likeness (QED) is 0.174. The molecular weight excluding hydrogens is 546 g/mol. The van der Waals surface area contributed by atoms with Gasteiger partial charge in [-0.2, -0.15) is 5.10 Å². The third kappa shape index (κ3) is 7.91. The van der Waals surface area contributed by atoms with E-state index < -0.39 is 20.6 Å². The Morgan fingerprint density at radius 3 is 2.38 bits per heavy atom. The van der Waals surface area contributed by atoms with E-state index in [2.05, 4.69) is 15.2 Å². The van der Waals surface area contributed by atoms with Crippen molar-refractivity contribution in [1.29, 1.82) is 0 Å². The molecule has 11 nitrogen and oxygen atoms in total. The van der Waals surface area contributed by atoms with Crippen LogP contribution in [0.4, 0.5) is 17.1 Å². The molecule has 1 amide bonds. The number of anilines is 2. The first kappa shape index (κ1) is 29.4. The number of ether oxygens (including phenoxy) is 1. The first-order chi connectivity index (χ1) is 18.5. The van der Waals surface area contributed by atoms with Crippen LogP contribution in [0.15, 0.2) is 76.7 Å². The summed E-state index contributed by atoms with van der Waals surface area (Å²) in [6.45, 7) is 6.65. The Kier molecular flexibility index (Phi) is 9.85. The average molecular weight is 574 g/mol. The second-order valence-corrected chi connectivity index (χ2v) is 10.4. The molecule has 2 N–H and O–H groups in total. The summed E-state index contributed by atoms with van der Waals surface area (Å²) < 4.78 is 33.4. The summed E-state index contributed by atoms with van der Waals surface area (Å²) in [6, 6.07) is 16.4. The molecular formula is C26H28ClN5O6S. The molecule has 0 radical (unpaired) electrons. The van der Waals surface area contributed by atoms with Crippen LogP contribution < -0.4 is 14.9 Å². The van der Waals surface area contributed by atoms with Crippen LogP contribution >= 0.6 is 11.6 Å². The van der Waals surface area contributed by atoms with Gasteiger partial charge in [0.25, 0.3) is 21.6 Å². The second kappa shape index (κ2) is 13.1. The molecule has 3 aromatic carbocycles. The number of hydrogen-bond acceptors (Lipinski definition) is 8. The number of halogens is 1. The molecule has 39 heavy (non-hydrogen) atoms. The molecule has 0 aliphatic rings. The fraction of sp³-hybridized carbons (Fsp3) is 0.231. The fourth-order valence-corrected chi connectivity index (χ4v) is 4.76. The first-order valence-electron chi connectivity index (χ1n) is 11.9. The van der Waals surface area contributed by atoms with E-state index in [0.29, 0.717) is 35.1 Å². The van der Waals surface area contributed by atoms with Crippen LogP contribution in [-0.2, 0) is 14.8 Å². The van der Waals surface area contributed by atoms with Crippen LogP contribution in [0.2, 0.25) is 5.02 Å². The molecule has 3 aromatic rings. The molecule has 0 heterocycles. The van der Waals surface area contributed by atoms with Crippen LogP contribution in [-0.4, -0.2) is 49.6 Å². The summed E-state index contributed by atoms with van der Waals surface area (Å²) in [7, 11) is -4.11. The third-order valence-electron chi connectivity index (χ3n) is 5.65. The van der Waals surface area contributed by atoms with Crippen molar-refractivity contribution < 1.29 is 22.9 Å². The van der Waals surface area contributed by atoms with E-state index in [4.69, 9.17) is 16.3 Å². The summed E-state index contributed by atoms with van der Waals surface area (Å²) in [5.74, 6) is 0.408. The predicted octanol–water partition coefficient (Wildman–Crippen LogP) is 5.13. The first-order valence-corrected chi connectivity index (χ1v) is 13.8. The van der Waals surface area contributed by atoms with Crippen LogP contribution in [0.3, 0.4) is 0 Å².